The zero-order valence-electron chi connectivity index (χ0n) is 12.8. The van der Waals surface area contributed by atoms with Crippen LogP contribution < -0.4 is 5.32 Å². The minimum atomic E-state index is 0. The van der Waals surface area contributed by atoms with Crippen molar-refractivity contribution in [2.75, 3.05) is 20.1 Å². The first-order chi connectivity index (χ1) is 9.03. The number of aliphatic imine (C=N–C) groups is 1. The Morgan fingerprint density at radius 2 is 2.25 bits per heavy atom. The van der Waals surface area contributed by atoms with E-state index in [1.165, 1.54) is 11.3 Å². The van der Waals surface area contributed by atoms with Gasteiger partial charge in [0.05, 0.1) is 0 Å². The molecule has 1 aliphatic carbocycles. The summed E-state index contributed by atoms with van der Waals surface area (Å²) in [6, 6.07) is 4.90. The lowest BCUT2D eigenvalue weighted by Gasteiger charge is -2.23. The molecule has 0 aromatic carbocycles. The molecule has 1 atom stereocenters. The van der Waals surface area contributed by atoms with Crippen molar-refractivity contribution in [2.24, 2.45) is 10.4 Å². The third-order valence-electron chi connectivity index (χ3n) is 3.76. The number of thiophene rings is 1. The van der Waals surface area contributed by atoms with Crippen LogP contribution in [0.4, 0.5) is 0 Å². The van der Waals surface area contributed by atoms with Gasteiger partial charge in [0.1, 0.15) is 0 Å². The van der Waals surface area contributed by atoms with Gasteiger partial charge in [-0.2, -0.15) is 0 Å². The average Bonchev–Trinajstić information content (AvgIpc) is 2.81. The fraction of sp³-hybridized carbons (Fsp3) is 0.667. The van der Waals surface area contributed by atoms with E-state index in [0.717, 1.165) is 25.5 Å². The van der Waals surface area contributed by atoms with Crippen LogP contribution in [0.3, 0.4) is 0 Å². The maximum atomic E-state index is 4.60. The molecule has 114 valence electrons. The van der Waals surface area contributed by atoms with Gasteiger partial charge in [-0.3, -0.25) is 4.99 Å². The number of nitrogens with one attached hydrogen (secondary N) is 1. The van der Waals surface area contributed by atoms with E-state index in [2.05, 4.69) is 60.5 Å². The predicted octanol–water partition coefficient (Wildman–Crippen LogP) is 3.60. The van der Waals surface area contributed by atoms with E-state index in [4.69, 9.17) is 0 Å². The smallest absolute Gasteiger partial charge is 0.193 e. The normalized spacial score (nSPS) is 20.2. The molecule has 1 saturated carbocycles. The van der Waals surface area contributed by atoms with E-state index in [9.17, 15) is 0 Å². The van der Waals surface area contributed by atoms with E-state index in [0.29, 0.717) is 11.5 Å². The Kier molecular flexibility index (Phi) is 6.78. The van der Waals surface area contributed by atoms with Crippen LogP contribution in [0.15, 0.2) is 22.5 Å². The van der Waals surface area contributed by atoms with Gasteiger partial charge in [0.15, 0.2) is 5.96 Å². The highest BCUT2D eigenvalue weighted by Crippen LogP contribution is 2.44. The van der Waals surface area contributed by atoms with Crippen LogP contribution in [-0.2, 0) is 6.42 Å². The highest BCUT2D eigenvalue weighted by atomic mass is 127. The molecule has 1 fully saturated rings. The average molecular weight is 407 g/mol. The number of hydrogen-bond acceptors (Lipinski definition) is 2. The Balaban J connectivity index is 0.00000200. The van der Waals surface area contributed by atoms with Crippen LogP contribution in [0.25, 0.3) is 0 Å². The molecule has 5 heteroatoms. The number of rotatable bonds is 5. The Morgan fingerprint density at radius 1 is 1.55 bits per heavy atom. The molecule has 20 heavy (non-hydrogen) atoms. The van der Waals surface area contributed by atoms with E-state index in [1.54, 1.807) is 0 Å². The van der Waals surface area contributed by atoms with Gasteiger partial charge in [-0.1, -0.05) is 19.9 Å². The second kappa shape index (κ2) is 7.64. The topological polar surface area (TPSA) is 27.6 Å². The molecule has 0 saturated heterocycles. The maximum absolute atomic E-state index is 4.60. The number of halogens is 1. The zero-order chi connectivity index (χ0) is 13.9. The minimum Gasteiger partial charge on any atom is -0.353 e. The van der Waals surface area contributed by atoms with E-state index >= 15 is 0 Å². The minimum absolute atomic E-state index is 0. The van der Waals surface area contributed by atoms with E-state index in [-0.39, 0.29) is 24.0 Å². The Labute approximate surface area is 143 Å². The Morgan fingerprint density at radius 3 is 2.75 bits per heavy atom. The number of likely N-dealkylation sites (N-methyl/N-ethyl adjacent to an activating group) is 1. The second-order valence-corrected chi connectivity index (χ2v) is 6.97. The number of nitrogens with zero attached hydrogens (tertiary/aromatic N) is 2. The van der Waals surface area contributed by atoms with Gasteiger partial charge >= 0.3 is 0 Å². The first-order valence-corrected chi connectivity index (χ1v) is 7.95. The summed E-state index contributed by atoms with van der Waals surface area (Å²) in [7, 11) is 2.13. The highest BCUT2D eigenvalue weighted by Gasteiger charge is 2.46. The SMILES string of the molecule is CCN=C(NC1CC1(C)C)N(C)CCc1cccs1.I. The van der Waals surface area contributed by atoms with Crippen molar-refractivity contribution in [3.8, 4) is 0 Å². The molecule has 0 bridgehead atoms. The van der Waals surface area contributed by atoms with Crippen LogP contribution in [0.5, 0.6) is 0 Å². The molecule has 0 amide bonds. The number of hydrogen-bond donors (Lipinski definition) is 1. The molecule has 2 rings (SSSR count). The van der Waals surface area contributed by atoms with Gasteiger partial charge in [0.2, 0.25) is 0 Å². The maximum Gasteiger partial charge on any atom is 0.193 e. The summed E-state index contributed by atoms with van der Waals surface area (Å²) in [6.07, 6.45) is 2.33. The zero-order valence-corrected chi connectivity index (χ0v) is 16.0. The van der Waals surface area contributed by atoms with Crippen molar-refractivity contribution in [1.29, 1.82) is 0 Å². The third kappa shape index (κ3) is 4.91. The lowest BCUT2D eigenvalue weighted by atomic mass is 10.2. The van der Waals surface area contributed by atoms with Crippen molar-refractivity contribution >= 4 is 41.3 Å². The molecule has 1 aromatic heterocycles. The summed E-state index contributed by atoms with van der Waals surface area (Å²) in [5.41, 5.74) is 0.434. The van der Waals surface area contributed by atoms with Crippen molar-refractivity contribution in [3.63, 3.8) is 0 Å². The van der Waals surface area contributed by atoms with Gasteiger partial charge in [0.25, 0.3) is 0 Å². The fourth-order valence-electron chi connectivity index (χ4n) is 2.13. The molecular formula is C15H26IN3S. The molecule has 0 radical (unpaired) electrons. The van der Waals surface area contributed by atoms with Crippen molar-refractivity contribution in [3.05, 3.63) is 22.4 Å². The molecular weight excluding hydrogens is 381 g/mol. The Hall–Kier alpha value is -0.300. The van der Waals surface area contributed by atoms with Crippen molar-refractivity contribution < 1.29 is 0 Å². The van der Waals surface area contributed by atoms with Crippen molar-refractivity contribution in [1.82, 2.24) is 10.2 Å². The molecule has 0 spiro atoms. The molecule has 1 heterocycles. The molecule has 1 N–H and O–H groups in total. The summed E-state index contributed by atoms with van der Waals surface area (Å²) in [4.78, 5) is 8.29. The molecule has 1 aliphatic rings. The van der Waals surface area contributed by atoms with Crippen molar-refractivity contribution in [2.45, 2.75) is 39.7 Å². The largest absolute Gasteiger partial charge is 0.353 e. The monoisotopic (exact) mass is 407 g/mol. The summed E-state index contributed by atoms with van der Waals surface area (Å²) in [5, 5.41) is 5.73. The van der Waals surface area contributed by atoms with Crippen LogP contribution >= 0.6 is 35.3 Å². The van der Waals surface area contributed by atoms with Crippen LogP contribution in [0, 0.1) is 5.41 Å². The van der Waals surface area contributed by atoms with Crippen LogP contribution in [-0.4, -0.2) is 37.0 Å². The molecule has 0 aliphatic heterocycles. The summed E-state index contributed by atoms with van der Waals surface area (Å²) in [6.45, 7) is 8.55. The molecule has 1 aromatic rings. The van der Waals surface area contributed by atoms with Crippen LogP contribution in [0.2, 0.25) is 0 Å². The van der Waals surface area contributed by atoms with Gasteiger partial charge in [-0.15, -0.1) is 35.3 Å². The first kappa shape index (κ1) is 17.8. The second-order valence-electron chi connectivity index (χ2n) is 5.94. The van der Waals surface area contributed by atoms with Gasteiger partial charge in [-0.25, -0.2) is 0 Å². The first-order valence-electron chi connectivity index (χ1n) is 7.07. The molecule has 1 unspecified atom stereocenters. The van der Waals surface area contributed by atoms with Gasteiger partial charge in [-0.05, 0) is 36.6 Å². The summed E-state index contributed by atoms with van der Waals surface area (Å²) in [5.74, 6) is 1.05. The lowest BCUT2D eigenvalue weighted by Crippen LogP contribution is -2.42. The summed E-state index contributed by atoms with van der Waals surface area (Å²) >= 11 is 1.83. The Bertz CT molecular complexity index is 428. The highest BCUT2D eigenvalue weighted by molar-refractivity contribution is 14.0. The quantitative estimate of drug-likeness (QED) is 0.459. The predicted molar refractivity (Wildman–Crippen MR) is 99.4 cm³/mol. The van der Waals surface area contributed by atoms with Crippen LogP contribution in [0.1, 0.15) is 32.1 Å². The standard InChI is InChI=1S/C15H25N3S.HI/c1-5-16-14(17-13-11-15(13,2)3)18(4)9-8-12-7-6-10-19-12;/h6-7,10,13H,5,8-9,11H2,1-4H3,(H,16,17);1H. The van der Waals surface area contributed by atoms with E-state index < -0.39 is 0 Å². The van der Waals surface area contributed by atoms with Gasteiger partial charge < -0.3 is 10.2 Å². The lowest BCUT2D eigenvalue weighted by molar-refractivity contribution is 0.474. The summed E-state index contributed by atoms with van der Waals surface area (Å²) < 4.78 is 0. The molecule has 3 nitrogen and oxygen atoms in total. The van der Waals surface area contributed by atoms with Gasteiger partial charge in [0, 0.05) is 31.1 Å². The van der Waals surface area contributed by atoms with E-state index in [1.807, 2.05) is 11.3 Å². The third-order valence-corrected chi connectivity index (χ3v) is 4.70. The fourth-order valence-corrected chi connectivity index (χ4v) is 2.83. The number of guanidine groups is 1.